The Hall–Kier alpha value is -2.34. The van der Waals surface area contributed by atoms with Crippen molar-refractivity contribution in [3.63, 3.8) is 0 Å². The van der Waals surface area contributed by atoms with Crippen LogP contribution in [0.1, 0.15) is 46.9 Å². The zero-order chi connectivity index (χ0) is 19.9. The molecule has 2 aromatic carbocycles. The van der Waals surface area contributed by atoms with E-state index in [1.54, 1.807) is 24.1 Å². The highest BCUT2D eigenvalue weighted by atomic mass is 32.2. The summed E-state index contributed by atoms with van der Waals surface area (Å²) in [4.78, 5) is 14.7. The highest BCUT2D eigenvalue weighted by Crippen LogP contribution is 2.35. The monoisotopic (exact) mass is 386 g/mol. The average Bonchev–Trinajstić information content (AvgIpc) is 2.95. The first-order valence-corrected chi connectivity index (χ1v) is 10.9. The van der Waals surface area contributed by atoms with E-state index in [2.05, 4.69) is 0 Å². The lowest BCUT2D eigenvalue weighted by molar-refractivity contribution is 0.0742. The number of hydrogen-bond acceptors (Lipinski definition) is 3. The number of carbonyl (C=O) groups is 1. The number of sulfonamides is 1. The lowest BCUT2D eigenvalue weighted by atomic mass is 10.0. The fraction of sp³-hybridized carbons (Fsp3) is 0.381. The summed E-state index contributed by atoms with van der Waals surface area (Å²) in [6.45, 7) is 5.92. The summed E-state index contributed by atoms with van der Waals surface area (Å²) in [6, 6.07) is 13.3. The van der Waals surface area contributed by atoms with E-state index >= 15 is 0 Å². The fourth-order valence-corrected chi connectivity index (χ4v) is 4.95. The number of carbonyl (C=O) groups excluding carboxylic acids is 1. The maximum absolute atomic E-state index is 13.0. The molecule has 2 unspecified atom stereocenters. The fourth-order valence-electron chi connectivity index (χ4n) is 3.69. The molecule has 1 amide bonds. The third-order valence-corrected chi connectivity index (χ3v) is 6.57. The molecule has 1 heterocycles. The van der Waals surface area contributed by atoms with Crippen LogP contribution in [0.4, 0.5) is 5.69 Å². The maximum atomic E-state index is 13.0. The number of benzene rings is 2. The van der Waals surface area contributed by atoms with Crippen molar-refractivity contribution in [2.75, 3.05) is 17.6 Å². The Labute approximate surface area is 161 Å². The highest BCUT2D eigenvalue weighted by Gasteiger charge is 2.33. The first-order chi connectivity index (χ1) is 12.6. The van der Waals surface area contributed by atoms with Crippen LogP contribution in [0.2, 0.25) is 0 Å². The van der Waals surface area contributed by atoms with Gasteiger partial charge in [-0.2, -0.15) is 0 Å². The number of anilines is 1. The average molecular weight is 387 g/mol. The summed E-state index contributed by atoms with van der Waals surface area (Å²) in [5.74, 6) is -0.0728. The predicted octanol–water partition coefficient (Wildman–Crippen LogP) is 3.54. The summed E-state index contributed by atoms with van der Waals surface area (Å²) in [7, 11) is -1.53. The standard InChI is InChI=1S/C21H26N2O3S/c1-14-6-8-17(9-7-14)16(3)22(4)21(24)18-10-11-20-19(13-18)12-15(2)23(20)27(5,25)26/h6-11,13,15-16H,12H2,1-5H3. The summed E-state index contributed by atoms with van der Waals surface area (Å²) in [5, 5.41) is 0. The predicted molar refractivity (Wildman–Crippen MR) is 109 cm³/mol. The van der Waals surface area contributed by atoms with Crippen LogP contribution in [0.25, 0.3) is 0 Å². The van der Waals surface area contributed by atoms with Gasteiger partial charge < -0.3 is 4.90 Å². The van der Waals surface area contributed by atoms with Crippen LogP contribution in [0.5, 0.6) is 0 Å². The zero-order valence-electron chi connectivity index (χ0n) is 16.4. The van der Waals surface area contributed by atoms with Crippen molar-refractivity contribution in [1.29, 1.82) is 0 Å². The van der Waals surface area contributed by atoms with Crippen molar-refractivity contribution in [3.8, 4) is 0 Å². The van der Waals surface area contributed by atoms with Gasteiger partial charge in [0.05, 0.1) is 18.0 Å². The molecule has 0 radical (unpaired) electrons. The van der Waals surface area contributed by atoms with E-state index in [1.807, 2.05) is 51.1 Å². The van der Waals surface area contributed by atoms with E-state index in [9.17, 15) is 13.2 Å². The second kappa shape index (κ2) is 7.00. The van der Waals surface area contributed by atoms with Gasteiger partial charge in [0, 0.05) is 18.7 Å². The molecule has 0 spiro atoms. The second-order valence-electron chi connectivity index (χ2n) is 7.46. The van der Waals surface area contributed by atoms with Crippen LogP contribution >= 0.6 is 0 Å². The van der Waals surface area contributed by atoms with Gasteiger partial charge in [-0.05, 0) is 56.5 Å². The molecule has 1 aliphatic rings. The number of amides is 1. The van der Waals surface area contributed by atoms with Gasteiger partial charge in [-0.3, -0.25) is 9.10 Å². The minimum absolute atomic E-state index is 0.0576. The van der Waals surface area contributed by atoms with E-state index in [1.165, 1.54) is 16.1 Å². The minimum atomic E-state index is -3.33. The van der Waals surface area contributed by atoms with Crippen molar-refractivity contribution in [3.05, 3.63) is 64.7 Å². The van der Waals surface area contributed by atoms with Gasteiger partial charge in [-0.1, -0.05) is 29.8 Å². The Morgan fingerprint density at radius 1 is 1.19 bits per heavy atom. The number of aryl methyl sites for hydroxylation is 1. The van der Waals surface area contributed by atoms with Crippen LogP contribution < -0.4 is 4.31 Å². The van der Waals surface area contributed by atoms with E-state index in [-0.39, 0.29) is 18.0 Å². The number of rotatable bonds is 4. The van der Waals surface area contributed by atoms with E-state index in [0.29, 0.717) is 17.7 Å². The van der Waals surface area contributed by atoms with Gasteiger partial charge in [0.2, 0.25) is 10.0 Å². The molecular formula is C21H26N2O3S. The van der Waals surface area contributed by atoms with Gasteiger partial charge in [-0.25, -0.2) is 8.42 Å². The van der Waals surface area contributed by atoms with Gasteiger partial charge in [-0.15, -0.1) is 0 Å². The molecule has 2 atom stereocenters. The third-order valence-electron chi connectivity index (χ3n) is 5.30. The molecule has 1 aliphatic heterocycles. The topological polar surface area (TPSA) is 57.7 Å². The lowest BCUT2D eigenvalue weighted by Gasteiger charge is -2.26. The molecule has 2 aromatic rings. The van der Waals surface area contributed by atoms with Crippen LogP contribution in [0.15, 0.2) is 42.5 Å². The molecule has 144 valence electrons. The Kier molecular flexibility index (Phi) is 5.04. The Morgan fingerprint density at radius 2 is 1.81 bits per heavy atom. The molecule has 0 saturated heterocycles. The van der Waals surface area contributed by atoms with E-state index in [0.717, 1.165) is 11.1 Å². The van der Waals surface area contributed by atoms with Crippen LogP contribution in [0, 0.1) is 6.92 Å². The molecule has 0 saturated carbocycles. The lowest BCUT2D eigenvalue weighted by Crippen LogP contribution is -2.34. The first-order valence-electron chi connectivity index (χ1n) is 9.05. The van der Waals surface area contributed by atoms with Crippen molar-refractivity contribution >= 4 is 21.6 Å². The molecule has 3 rings (SSSR count). The SMILES string of the molecule is Cc1ccc(C(C)N(C)C(=O)c2ccc3c(c2)CC(C)N3S(C)(=O)=O)cc1. The molecule has 0 fully saturated rings. The first kappa shape index (κ1) is 19.4. The maximum Gasteiger partial charge on any atom is 0.254 e. The molecule has 0 N–H and O–H groups in total. The molecule has 27 heavy (non-hydrogen) atoms. The summed E-state index contributed by atoms with van der Waals surface area (Å²) in [5.41, 5.74) is 4.42. The minimum Gasteiger partial charge on any atom is -0.335 e. The van der Waals surface area contributed by atoms with Gasteiger partial charge in [0.25, 0.3) is 5.91 Å². The van der Waals surface area contributed by atoms with Crippen molar-refractivity contribution < 1.29 is 13.2 Å². The normalized spacial score (nSPS) is 17.5. The van der Waals surface area contributed by atoms with Crippen molar-refractivity contribution in [1.82, 2.24) is 4.90 Å². The second-order valence-corrected chi connectivity index (χ2v) is 9.32. The van der Waals surface area contributed by atoms with Gasteiger partial charge in [0.15, 0.2) is 0 Å². The Balaban J connectivity index is 1.86. The Bertz CT molecular complexity index is 967. The zero-order valence-corrected chi connectivity index (χ0v) is 17.2. The molecule has 6 heteroatoms. The van der Waals surface area contributed by atoms with Gasteiger partial charge >= 0.3 is 0 Å². The van der Waals surface area contributed by atoms with Crippen LogP contribution in [0.3, 0.4) is 0 Å². The van der Waals surface area contributed by atoms with Crippen LogP contribution in [-0.2, 0) is 16.4 Å². The number of hydrogen-bond donors (Lipinski definition) is 0. The van der Waals surface area contributed by atoms with E-state index < -0.39 is 10.0 Å². The summed E-state index contributed by atoms with van der Waals surface area (Å²) < 4.78 is 25.5. The summed E-state index contributed by atoms with van der Waals surface area (Å²) >= 11 is 0. The largest absolute Gasteiger partial charge is 0.335 e. The van der Waals surface area contributed by atoms with Crippen molar-refractivity contribution in [2.24, 2.45) is 0 Å². The quantitative estimate of drug-likeness (QED) is 0.808. The molecule has 0 bridgehead atoms. The molecule has 0 aromatic heterocycles. The highest BCUT2D eigenvalue weighted by molar-refractivity contribution is 7.92. The van der Waals surface area contributed by atoms with Crippen molar-refractivity contribution in [2.45, 2.75) is 39.3 Å². The summed E-state index contributed by atoms with van der Waals surface area (Å²) in [6.07, 6.45) is 1.83. The van der Waals surface area contributed by atoms with E-state index in [4.69, 9.17) is 0 Å². The molecular weight excluding hydrogens is 360 g/mol. The molecule has 0 aliphatic carbocycles. The number of fused-ring (bicyclic) bond motifs is 1. The number of nitrogens with zero attached hydrogens (tertiary/aromatic N) is 2. The van der Waals surface area contributed by atoms with Crippen LogP contribution in [-0.4, -0.2) is 38.6 Å². The smallest absolute Gasteiger partial charge is 0.254 e. The Morgan fingerprint density at radius 3 is 2.41 bits per heavy atom. The van der Waals surface area contributed by atoms with Gasteiger partial charge in [0.1, 0.15) is 0 Å². The third kappa shape index (κ3) is 3.72. The molecule has 5 nitrogen and oxygen atoms in total.